The van der Waals surface area contributed by atoms with E-state index in [0.29, 0.717) is 28.3 Å². The number of nitrogens with zero attached hydrogens (tertiary/aromatic N) is 2. The maximum absolute atomic E-state index is 12.7. The number of halogens is 2. The minimum Gasteiger partial charge on any atom is -0.507 e. The zero-order chi connectivity index (χ0) is 40.2. The number of aromatic carboxylic acids is 1. The number of aromatic nitrogens is 2. The van der Waals surface area contributed by atoms with Crippen molar-refractivity contribution >= 4 is 46.7 Å². The van der Waals surface area contributed by atoms with Gasteiger partial charge in [-0.05, 0) is 70.2 Å². The van der Waals surface area contributed by atoms with E-state index in [4.69, 9.17) is 28.9 Å². The molecule has 4 rings (SSSR count). The Morgan fingerprint density at radius 1 is 0.635 bits per heavy atom. The Labute approximate surface area is 319 Å². The number of phenolic OH excluding ortho intramolecular Hbond substituents is 2. The van der Waals surface area contributed by atoms with Gasteiger partial charge >= 0.3 is 5.97 Å². The van der Waals surface area contributed by atoms with Gasteiger partial charge in [0.15, 0.2) is 0 Å². The van der Waals surface area contributed by atoms with Crippen LogP contribution in [-0.2, 0) is 21.7 Å². The average Bonchev–Trinajstić information content (AvgIpc) is 3.01. The maximum Gasteiger partial charge on any atom is 0.335 e. The van der Waals surface area contributed by atoms with Crippen LogP contribution in [0, 0.1) is 0 Å². The van der Waals surface area contributed by atoms with E-state index >= 15 is 0 Å². The molecule has 2 heterocycles. The number of pyridine rings is 2. The quantitative estimate of drug-likeness (QED) is 0.129. The molecule has 0 saturated heterocycles. The molecule has 0 fully saturated rings. The van der Waals surface area contributed by atoms with Gasteiger partial charge in [0.1, 0.15) is 23.1 Å². The lowest BCUT2D eigenvalue weighted by molar-refractivity contribution is 0.0696. The Kier molecular flexibility index (Phi) is 16.6. The lowest BCUT2D eigenvalue weighted by Gasteiger charge is -2.28. The van der Waals surface area contributed by atoms with Crippen molar-refractivity contribution in [3.63, 3.8) is 0 Å². The van der Waals surface area contributed by atoms with Crippen molar-refractivity contribution in [3.05, 3.63) is 106 Å². The van der Waals surface area contributed by atoms with Crippen molar-refractivity contribution in [1.82, 2.24) is 9.97 Å². The third-order valence-electron chi connectivity index (χ3n) is 7.56. The summed E-state index contributed by atoms with van der Waals surface area (Å²) < 4.78 is 0. The fourth-order valence-electron chi connectivity index (χ4n) is 4.81. The highest BCUT2D eigenvalue weighted by molar-refractivity contribution is 6.40. The third kappa shape index (κ3) is 14.4. The first-order valence-corrected chi connectivity index (χ1v) is 17.8. The van der Waals surface area contributed by atoms with Gasteiger partial charge in [0, 0.05) is 40.2 Å². The van der Waals surface area contributed by atoms with Crippen LogP contribution in [0.5, 0.6) is 11.5 Å². The molecule has 6 N–H and O–H groups in total. The Morgan fingerprint density at radius 3 is 1.23 bits per heavy atom. The van der Waals surface area contributed by atoms with Crippen LogP contribution in [0.2, 0.25) is 0 Å². The van der Waals surface area contributed by atoms with Gasteiger partial charge in [-0.3, -0.25) is 4.79 Å². The zero-order valence-corrected chi connectivity index (χ0v) is 34.0. The average molecular weight is 756 g/mol. The zero-order valence-electron chi connectivity index (χ0n) is 32.5. The van der Waals surface area contributed by atoms with Gasteiger partial charge in [0.05, 0.1) is 10.9 Å². The molecule has 1 amide bonds. The number of aromatic hydroxyl groups is 2. The van der Waals surface area contributed by atoms with Gasteiger partial charge < -0.3 is 26.4 Å². The summed E-state index contributed by atoms with van der Waals surface area (Å²) in [6.07, 6.45) is 3.29. The van der Waals surface area contributed by atoms with E-state index in [1.54, 1.807) is 54.9 Å². The predicted molar refractivity (Wildman–Crippen MR) is 215 cm³/mol. The highest BCUT2D eigenvalue weighted by Gasteiger charge is 2.29. The van der Waals surface area contributed by atoms with E-state index in [2.05, 4.69) is 15.3 Å². The molecule has 9 nitrogen and oxygen atoms in total. The molecule has 0 aliphatic carbocycles. The molecule has 2 aromatic carbocycles. The number of amides is 1. The van der Waals surface area contributed by atoms with Crippen molar-refractivity contribution in [2.75, 3.05) is 16.4 Å². The number of phenols is 2. The highest BCUT2D eigenvalue weighted by atomic mass is 35.5. The minimum atomic E-state index is -0.967. The molecule has 0 spiro atoms. The number of hydrogen-bond acceptors (Lipinski definition) is 7. The third-order valence-corrected chi connectivity index (χ3v) is 7.56. The molecular formula is C41H56Cl2N4O5. The summed E-state index contributed by atoms with van der Waals surface area (Å²) in [7, 11) is 0. The number of nitrogens with two attached hydrogens (primary N) is 1. The number of carboxylic acid groups (broad SMARTS) is 1. The van der Waals surface area contributed by atoms with Crippen LogP contribution >= 0.6 is 23.2 Å². The highest BCUT2D eigenvalue weighted by Crippen LogP contribution is 2.41. The largest absolute Gasteiger partial charge is 0.507 e. The van der Waals surface area contributed by atoms with Gasteiger partial charge in [-0.15, -0.1) is 23.2 Å². The number of nitrogen functional groups attached to an aromatic ring is 1. The minimum absolute atomic E-state index is 0.194. The van der Waals surface area contributed by atoms with Crippen LogP contribution in [0.25, 0.3) is 0 Å². The number of anilines is 2. The van der Waals surface area contributed by atoms with E-state index in [0.717, 1.165) is 11.1 Å². The Balaban J connectivity index is 0.000000421. The van der Waals surface area contributed by atoms with Gasteiger partial charge in [-0.1, -0.05) is 95.2 Å². The van der Waals surface area contributed by atoms with Crippen LogP contribution in [0.1, 0.15) is 126 Å². The fraction of sp³-hybridized carbons (Fsp3) is 0.415. The molecule has 0 aliphatic heterocycles. The predicted octanol–water partition coefficient (Wildman–Crippen LogP) is 10.4. The Morgan fingerprint density at radius 2 is 0.981 bits per heavy atom. The number of carbonyl (C=O) groups excluding carboxylic acids is 1. The Bertz CT molecular complexity index is 1680. The molecule has 52 heavy (non-hydrogen) atoms. The van der Waals surface area contributed by atoms with Crippen LogP contribution in [0.3, 0.4) is 0 Å². The smallest absolute Gasteiger partial charge is 0.335 e. The number of carboxylic acids is 1. The van der Waals surface area contributed by atoms with Gasteiger partial charge in [0.2, 0.25) is 0 Å². The van der Waals surface area contributed by atoms with Gasteiger partial charge in [-0.2, -0.15) is 0 Å². The van der Waals surface area contributed by atoms with Crippen LogP contribution in [-0.4, -0.2) is 42.5 Å². The summed E-state index contributed by atoms with van der Waals surface area (Å²) in [5, 5.41) is 33.3. The number of carbonyl (C=O) groups is 2. The van der Waals surface area contributed by atoms with E-state index in [1.807, 2.05) is 101 Å². The molecular weight excluding hydrogens is 699 g/mol. The second-order valence-corrected chi connectivity index (χ2v) is 17.0. The number of rotatable bonds is 3. The standard InChI is InChI=1S/C20H26N2O2.C15H22O3.C5H6N2.CH2Cl2/c1-19(2,3)14-11-13(12-15(17(14)23)20(4,5)6)18(24)22-16-9-7-8-10-21-16;1-14(2,3)10-7-9(13(17)18)8-11(12(10)16)15(4,5)6;6-5-3-1-2-4-7-5;2-1-3/h7-12,23H,1-6H3,(H,21,22,24);7-8,16H,1-6H3,(H,17,18);1-4H,(H2,6,7);1H2. The summed E-state index contributed by atoms with van der Waals surface area (Å²) in [5.41, 5.74) is 7.73. The molecule has 0 saturated carbocycles. The van der Waals surface area contributed by atoms with Crippen LogP contribution in [0.4, 0.5) is 11.6 Å². The van der Waals surface area contributed by atoms with Crippen molar-refractivity contribution in [2.45, 2.75) is 105 Å². The first-order chi connectivity index (χ1) is 23.7. The first-order valence-electron chi connectivity index (χ1n) is 16.8. The maximum atomic E-state index is 12.7. The Hall–Kier alpha value is -4.34. The molecule has 2 aromatic heterocycles. The topological polar surface area (TPSA) is 159 Å². The summed E-state index contributed by atoms with van der Waals surface area (Å²) in [6, 6.07) is 17.4. The summed E-state index contributed by atoms with van der Waals surface area (Å²) in [5.74, 6) is 0.354. The molecule has 0 radical (unpaired) electrons. The van der Waals surface area contributed by atoms with Crippen LogP contribution in [0.15, 0.2) is 73.1 Å². The second kappa shape index (κ2) is 18.9. The molecule has 0 unspecified atom stereocenters. The lowest BCUT2D eigenvalue weighted by atomic mass is 9.78. The molecule has 0 bridgehead atoms. The number of nitrogens with one attached hydrogen (secondary N) is 1. The number of hydrogen-bond donors (Lipinski definition) is 5. The molecule has 0 aliphatic rings. The van der Waals surface area contributed by atoms with E-state index < -0.39 is 5.97 Å². The lowest BCUT2D eigenvalue weighted by Crippen LogP contribution is -2.21. The van der Waals surface area contributed by atoms with Gasteiger partial charge in [-0.25, -0.2) is 14.8 Å². The molecule has 4 aromatic rings. The summed E-state index contributed by atoms with van der Waals surface area (Å²) in [6.45, 7) is 23.9. The monoisotopic (exact) mass is 754 g/mol. The normalized spacial score (nSPS) is 11.4. The fourth-order valence-corrected chi connectivity index (χ4v) is 4.81. The van der Waals surface area contributed by atoms with Crippen molar-refractivity contribution < 1.29 is 24.9 Å². The number of benzene rings is 2. The molecule has 284 valence electrons. The van der Waals surface area contributed by atoms with E-state index in [1.165, 1.54) is 0 Å². The van der Waals surface area contributed by atoms with Crippen LogP contribution < -0.4 is 11.1 Å². The SMILES string of the molecule is CC(C)(C)c1cc(C(=O)Nc2ccccn2)cc(C(C)(C)C)c1O.CC(C)(C)c1cc(C(=O)O)cc(C(C)(C)C)c1O.ClCCl.Nc1ccccn1. The first kappa shape index (κ1) is 45.7. The van der Waals surface area contributed by atoms with Crippen molar-refractivity contribution in [1.29, 1.82) is 0 Å². The molecule has 11 heteroatoms. The van der Waals surface area contributed by atoms with E-state index in [-0.39, 0.29) is 50.0 Å². The second-order valence-electron chi connectivity index (χ2n) is 16.2. The van der Waals surface area contributed by atoms with E-state index in [9.17, 15) is 24.9 Å². The summed E-state index contributed by atoms with van der Waals surface area (Å²) >= 11 is 9.53. The number of alkyl halides is 2. The summed E-state index contributed by atoms with van der Waals surface area (Å²) in [4.78, 5) is 31.7. The van der Waals surface area contributed by atoms with Crippen molar-refractivity contribution in [2.24, 2.45) is 0 Å². The molecule has 0 atom stereocenters. The van der Waals surface area contributed by atoms with Crippen molar-refractivity contribution in [3.8, 4) is 11.5 Å². The van der Waals surface area contributed by atoms with Gasteiger partial charge in [0.25, 0.3) is 5.91 Å².